The Hall–Kier alpha value is -2.69. The quantitative estimate of drug-likeness (QED) is 0.544. The smallest absolute Gasteiger partial charge is 0.310 e. The first-order valence-electron chi connectivity index (χ1n) is 6.74. The van der Waals surface area contributed by atoms with Crippen LogP contribution in [0.1, 0.15) is 12.5 Å². The maximum absolute atomic E-state index is 12.6. The number of hydrogen-bond donors (Lipinski definition) is 0. The number of rotatable bonds is 3. The first-order chi connectivity index (χ1) is 10.2. The molecule has 0 unspecified atom stereocenters. The van der Waals surface area contributed by atoms with Crippen molar-refractivity contribution in [1.82, 2.24) is 9.38 Å². The molecule has 0 amide bonds. The van der Waals surface area contributed by atoms with Crippen LogP contribution in [0.4, 0.5) is 0 Å². The van der Waals surface area contributed by atoms with Crippen molar-refractivity contribution >= 4 is 22.5 Å². The van der Waals surface area contributed by atoms with E-state index in [1.807, 2.05) is 30.3 Å². The van der Waals surface area contributed by atoms with Gasteiger partial charge in [0, 0.05) is 11.8 Å². The number of carbonyl (C=O) groups is 1. The van der Waals surface area contributed by atoms with Crippen molar-refractivity contribution in [2.75, 3.05) is 6.61 Å². The van der Waals surface area contributed by atoms with Crippen LogP contribution in [0.3, 0.4) is 0 Å². The Labute approximate surface area is 120 Å². The van der Waals surface area contributed by atoms with Crippen LogP contribution in [-0.2, 0) is 16.0 Å². The van der Waals surface area contributed by atoms with Crippen molar-refractivity contribution in [2.45, 2.75) is 13.3 Å². The summed E-state index contributed by atoms with van der Waals surface area (Å²) >= 11 is 0. The minimum atomic E-state index is -0.420. The van der Waals surface area contributed by atoms with Gasteiger partial charge in [-0.15, -0.1) is 0 Å². The molecule has 21 heavy (non-hydrogen) atoms. The number of fused-ring (bicyclic) bond motifs is 3. The van der Waals surface area contributed by atoms with E-state index in [4.69, 9.17) is 4.74 Å². The van der Waals surface area contributed by atoms with E-state index in [1.54, 1.807) is 13.0 Å². The van der Waals surface area contributed by atoms with Gasteiger partial charge in [-0.1, -0.05) is 18.2 Å². The predicted molar refractivity (Wildman–Crippen MR) is 79.3 cm³/mol. The zero-order valence-corrected chi connectivity index (χ0v) is 11.6. The Morgan fingerprint density at radius 2 is 2.05 bits per heavy atom. The molecule has 0 aliphatic carbocycles. The van der Waals surface area contributed by atoms with E-state index in [1.165, 1.54) is 10.6 Å². The first kappa shape index (κ1) is 13.3. The van der Waals surface area contributed by atoms with Gasteiger partial charge in [0.1, 0.15) is 5.65 Å². The second kappa shape index (κ2) is 5.36. The van der Waals surface area contributed by atoms with Gasteiger partial charge in [-0.25, -0.2) is 4.98 Å². The second-order valence-electron chi connectivity index (χ2n) is 4.66. The number of nitrogens with zero attached hydrogens (tertiary/aromatic N) is 2. The maximum Gasteiger partial charge on any atom is 0.310 e. The van der Waals surface area contributed by atoms with Crippen LogP contribution in [0.15, 0.2) is 47.4 Å². The third-order valence-corrected chi connectivity index (χ3v) is 3.29. The van der Waals surface area contributed by atoms with Gasteiger partial charge < -0.3 is 4.74 Å². The zero-order chi connectivity index (χ0) is 14.8. The van der Waals surface area contributed by atoms with Crippen molar-refractivity contribution in [3.8, 4) is 0 Å². The third-order valence-electron chi connectivity index (χ3n) is 3.29. The van der Waals surface area contributed by atoms with Crippen molar-refractivity contribution in [3.05, 3.63) is 58.5 Å². The van der Waals surface area contributed by atoms with Crippen LogP contribution in [0.5, 0.6) is 0 Å². The molecule has 5 heteroatoms. The highest BCUT2D eigenvalue weighted by atomic mass is 16.5. The molecule has 0 saturated carbocycles. The Morgan fingerprint density at radius 3 is 2.86 bits per heavy atom. The van der Waals surface area contributed by atoms with Gasteiger partial charge in [-0.05, 0) is 30.5 Å². The molecule has 0 aliphatic rings. The van der Waals surface area contributed by atoms with E-state index in [0.717, 1.165) is 10.9 Å². The third kappa shape index (κ3) is 2.38. The average molecular weight is 282 g/mol. The summed E-state index contributed by atoms with van der Waals surface area (Å²) in [7, 11) is 0. The molecule has 3 rings (SSSR count). The van der Waals surface area contributed by atoms with Gasteiger partial charge >= 0.3 is 5.97 Å². The highest BCUT2D eigenvalue weighted by Gasteiger charge is 2.12. The minimum Gasteiger partial charge on any atom is -0.466 e. The van der Waals surface area contributed by atoms with E-state index in [9.17, 15) is 9.59 Å². The molecule has 3 aromatic rings. The number of para-hydroxylation sites is 1. The lowest BCUT2D eigenvalue weighted by molar-refractivity contribution is -0.142. The molecule has 0 spiro atoms. The number of benzene rings is 1. The van der Waals surface area contributed by atoms with Crippen molar-refractivity contribution in [2.24, 2.45) is 0 Å². The summed E-state index contributed by atoms with van der Waals surface area (Å²) in [5, 5.41) is 0.946. The van der Waals surface area contributed by atoms with Gasteiger partial charge in [0.2, 0.25) is 0 Å². The van der Waals surface area contributed by atoms with Crippen LogP contribution in [0.2, 0.25) is 0 Å². The second-order valence-corrected chi connectivity index (χ2v) is 4.66. The number of carbonyl (C=O) groups excluding carboxylic acids is 1. The lowest BCUT2D eigenvalue weighted by Crippen LogP contribution is -2.23. The summed E-state index contributed by atoms with van der Waals surface area (Å²) in [6.07, 6.45) is 1.38. The average Bonchev–Trinajstić information content (AvgIpc) is 2.50. The first-order valence-corrected chi connectivity index (χ1v) is 6.74. The fourth-order valence-corrected chi connectivity index (χ4v) is 2.34. The molecule has 2 aromatic heterocycles. The number of ether oxygens (including phenoxy) is 1. The van der Waals surface area contributed by atoms with E-state index < -0.39 is 5.97 Å². The van der Waals surface area contributed by atoms with E-state index in [2.05, 4.69) is 4.98 Å². The number of pyridine rings is 1. The molecule has 5 nitrogen and oxygen atoms in total. The standard InChI is InChI=1S/C16H14N2O3/c1-2-21-15(19)9-12-10-17-14-8-7-11-5-3-4-6-13(11)18(14)16(12)20/h3-8,10H,2,9H2,1H3. The number of aromatic nitrogens is 2. The summed E-state index contributed by atoms with van der Waals surface area (Å²) in [6, 6.07) is 11.3. The highest BCUT2D eigenvalue weighted by molar-refractivity contribution is 5.82. The normalized spacial score (nSPS) is 10.9. The van der Waals surface area contributed by atoms with Crippen LogP contribution in [0, 0.1) is 0 Å². The van der Waals surface area contributed by atoms with E-state index in [0.29, 0.717) is 17.8 Å². The summed E-state index contributed by atoms with van der Waals surface area (Å²) in [5.41, 5.74) is 1.44. The molecule has 0 fully saturated rings. The van der Waals surface area contributed by atoms with Crippen molar-refractivity contribution in [1.29, 1.82) is 0 Å². The Morgan fingerprint density at radius 1 is 1.24 bits per heavy atom. The van der Waals surface area contributed by atoms with Gasteiger partial charge in [0.05, 0.1) is 18.5 Å². The minimum absolute atomic E-state index is 0.0637. The van der Waals surface area contributed by atoms with Crippen LogP contribution in [-0.4, -0.2) is 22.0 Å². The predicted octanol–water partition coefficient (Wildman–Crippen LogP) is 1.95. The van der Waals surface area contributed by atoms with Gasteiger partial charge in [-0.2, -0.15) is 0 Å². The molecule has 0 atom stereocenters. The molecule has 0 bridgehead atoms. The highest BCUT2D eigenvalue weighted by Crippen LogP contribution is 2.14. The largest absolute Gasteiger partial charge is 0.466 e. The van der Waals surface area contributed by atoms with Crippen LogP contribution < -0.4 is 5.56 Å². The fourth-order valence-electron chi connectivity index (χ4n) is 2.34. The summed E-state index contributed by atoms with van der Waals surface area (Å²) in [5.74, 6) is -0.420. The molecular weight excluding hydrogens is 268 g/mol. The Kier molecular flexibility index (Phi) is 3.39. The monoisotopic (exact) mass is 282 g/mol. The summed E-state index contributed by atoms with van der Waals surface area (Å²) in [4.78, 5) is 28.4. The maximum atomic E-state index is 12.6. The molecule has 2 heterocycles. The van der Waals surface area contributed by atoms with Crippen LogP contribution >= 0.6 is 0 Å². The zero-order valence-electron chi connectivity index (χ0n) is 11.6. The molecule has 106 valence electrons. The van der Waals surface area contributed by atoms with Crippen molar-refractivity contribution < 1.29 is 9.53 Å². The molecule has 0 saturated heterocycles. The van der Waals surface area contributed by atoms with Crippen molar-refractivity contribution in [3.63, 3.8) is 0 Å². The van der Waals surface area contributed by atoms with Gasteiger partial charge in [0.15, 0.2) is 0 Å². The molecule has 1 aromatic carbocycles. The number of esters is 1. The molecular formula is C16H14N2O3. The topological polar surface area (TPSA) is 60.7 Å². The summed E-state index contributed by atoms with van der Waals surface area (Å²) in [6.45, 7) is 2.03. The van der Waals surface area contributed by atoms with Gasteiger partial charge in [-0.3, -0.25) is 14.0 Å². The van der Waals surface area contributed by atoms with E-state index >= 15 is 0 Å². The lowest BCUT2D eigenvalue weighted by Gasteiger charge is -2.07. The Bertz CT molecular complexity index is 883. The molecule has 0 N–H and O–H groups in total. The SMILES string of the molecule is CCOC(=O)Cc1cnc2ccc3ccccc3n2c1=O. The molecule has 0 radical (unpaired) electrons. The summed E-state index contributed by atoms with van der Waals surface area (Å²) < 4.78 is 6.42. The lowest BCUT2D eigenvalue weighted by atomic mass is 10.2. The Balaban J connectivity index is 2.21. The molecule has 0 aliphatic heterocycles. The van der Waals surface area contributed by atoms with Crippen LogP contribution in [0.25, 0.3) is 16.6 Å². The fraction of sp³-hybridized carbons (Fsp3) is 0.188. The number of hydrogen-bond acceptors (Lipinski definition) is 4. The van der Waals surface area contributed by atoms with E-state index in [-0.39, 0.29) is 12.0 Å². The van der Waals surface area contributed by atoms with Gasteiger partial charge in [0.25, 0.3) is 5.56 Å².